The molecule has 0 bridgehead atoms. The van der Waals surface area contributed by atoms with Crippen LogP contribution in [0.15, 0.2) is 42.9 Å². The molecule has 0 aromatic carbocycles. The van der Waals surface area contributed by atoms with E-state index in [0.717, 1.165) is 5.69 Å². The minimum absolute atomic E-state index is 0.189. The molecule has 0 aliphatic carbocycles. The SMILES string of the molecule is CC(C)c1cc(C(=O)Nc2ccc(-n3cccn3)nc2)nn1C(C)(C)C. The number of hydrogen-bond acceptors (Lipinski definition) is 4. The van der Waals surface area contributed by atoms with Crippen LogP contribution in [0.2, 0.25) is 0 Å². The third kappa shape index (κ3) is 3.66. The van der Waals surface area contributed by atoms with E-state index < -0.39 is 0 Å². The predicted octanol–water partition coefficient (Wildman–Crippen LogP) is 3.59. The van der Waals surface area contributed by atoms with E-state index in [-0.39, 0.29) is 17.4 Å². The molecule has 3 aromatic rings. The van der Waals surface area contributed by atoms with Crippen molar-refractivity contribution >= 4 is 11.6 Å². The Labute approximate surface area is 153 Å². The minimum atomic E-state index is -0.247. The maximum atomic E-state index is 12.6. The van der Waals surface area contributed by atoms with Crippen LogP contribution >= 0.6 is 0 Å². The molecule has 136 valence electrons. The van der Waals surface area contributed by atoms with Gasteiger partial charge in [0.2, 0.25) is 0 Å². The first kappa shape index (κ1) is 17.8. The molecule has 0 spiro atoms. The van der Waals surface area contributed by atoms with E-state index in [0.29, 0.717) is 17.2 Å². The molecule has 0 saturated heterocycles. The normalized spacial score (nSPS) is 11.8. The van der Waals surface area contributed by atoms with Crippen molar-refractivity contribution in [3.8, 4) is 5.82 Å². The van der Waals surface area contributed by atoms with Crippen LogP contribution in [0.3, 0.4) is 0 Å². The van der Waals surface area contributed by atoms with Crippen molar-refractivity contribution in [2.24, 2.45) is 0 Å². The van der Waals surface area contributed by atoms with E-state index >= 15 is 0 Å². The van der Waals surface area contributed by atoms with Crippen molar-refractivity contribution in [3.63, 3.8) is 0 Å². The van der Waals surface area contributed by atoms with Gasteiger partial charge in [-0.15, -0.1) is 0 Å². The molecule has 3 rings (SSSR count). The summed E-state index contributed by atoms with van der Waals surface area (Å²) < 4.78 is 3.58. The molecular weight excluding hydrogens is 328 g/mol. The van der Waals surface area contributed by atoms with Crippen molar-refractivity contribution in [1.82, 2.24) is 24.5 Å². The lowest BCUT2D eigenvalue weighted by Crippen LogP contribution is -2.26. The molecule has 7 heteroatoms. The summed E-state index contributed by atoms with van der Waals surface area (Å²) in [4.78, 5) is 16.9. The Morgan fingerprint density at radius 1 is 1.23 bits per heavy atom. The monoisotopic (exact) mass is 352 g/mol. The van der Waals surface area contributed by atoms with Crippen LogP contribution in [0, 0.1) is 0 Å². The predicted molar refractivity (Wildman–Crippen MR) is 101 cm³/mol. The van der Waals surface area contributed by atoms with Crippen LogP contribution in [-0.4, -0.2) is 30.5 Å². The zero-order chi connectivity index (χ0) is 18.9. The number of aromatic nitrogens is 5. The molecule has 26 heavy (non-hydrogen) atoms. The number of hydrogen-bond donors (Lipinski definition) is 1. The standard InChI is InChI=1S/C19H24N6O/c1-13(2)16-11-15(23-25(16)19(3,4)5)18(26)22-14-7-8-17(20-12-14)24-10-6-9-21-24/h6-13H,1-5H3,(H,22,26). The third-order valence-corrected chi connectivity index (χ3v) is 3.94. The Balaban J connectivity index is 1.80. The van der Waals surface area contributed by atoms with Gasteiger partial charge < -0.3 is 5.32 Å². The third-order valence-electron chi connectivity index (χ3n) is 3.94. The molecule has 3 heterocycles. The molecule has 1 amide bonds. The van der Waals surface area contributed by atoms with Crippen molar-refractivity contribution in [1.29, 1.82) is 0 Å². The highest BCUT2D eigenvalue weighted by atomic mass is 16.2. The van der Waals surface area contributed by atoms with E-state index in [1.54, 1.807) is 29.2 Å². The van der Waals surface area contributed by atoms with Crippen LogP contribution in [0.4, 0.5) is 5.69 Å². The van der Waals surface area contributed by atoms with Gasteiger partial charge in [0, 0.05) is 18.1 Å². The molecule has 7 nitrogen and oxygen atoms in total. The number of rotatable bonds is 4. The molecule has 0 radical (unpaired) electrons. The number of carbonyl (C=O) groups is 1. The quantitative estimate of drug-likeness (QED) is 0.778. The van der Waals surface area contributed by atoms with Crippen molar-refractivity contribution in [3.05, 3.63) is 54.2 Å². The lowest BCUT2D eigenvalue weighted by atomic mass is 10.1. The Kier molecular flexibility index (Phi) is 4.63. The highest BCUT2D eigenvalue weighted by molar-refractivity contribution is 6.02. The topological polar surface area (TPSA) is 77.6 Å². The van der Waals surface area contributed by atoms with Crippen molar-refractivity contribution < 1.29 is 4.79 Å². The number of carbonyl (C=O) groups excluding carboxylic acids is 1. The largest absolute Gasteiger partial charge is 0.319 e. The van der Waals surface area contributed by atoms with Crippen LogP contribution in [0.1, 0.15) is 56.7 Å². The average Bonchev–Trinajstić information content (AvgIpc) is 3.25. The van der Waals surface area contributed by atoms with Crippen LogP contribution in [0.25, 0.3) is 5.82 Å². The Morgan fingerprint density at radius 3 is 2.50 bits per heavy atom. The fourth-order valence-electron chi connectivity index (χ4n) is 2.65. The zero-order valence-corrected chi connectivity index (χ0v) is 15.8. The highest BCUT2D eigenvalue weighted by Crippen LogP contribution is 2.24. The number of amides is 1. The summed E-state index contributed by atoms with van der Waals surface area (Å²) >= 11 is 0. The summed E-state index contributed by atoms with van der Waals surface area (Å²) in [5, 5.41) is 11.5. The lowest BCUT2D eigenvalue weighted by Gasteiger charge is -2.23. The summed E-state index contributed by atoms with van der Waals surface area (Å²) in [5.74, 6) is 0.717. The smallest absolute Gasteiger partial charge is 0.276 e. The summed E-state index contributed by atoms with van der Waals surface area (Å²) in [6.45, 7) is 10.4. The second-order valence-corrected chi connectivity index (χ2v) is 7.50. The van der Waals surface area contributed by atoms with Gasteiger partial charge in [0.15, 0.2) is 11.5 Å². The Hall–Kier alpha value is -2.96. The Morgan fingerprint density at radius 2 is 2.00 bits per heavy atom. The summed E-state index contributed by atoms with van der Waals surface area (Å²) in [6, 6.07) is 7.29. The first-order valence-corrected chi connectivity index (χ1v) is 8.63. The van der Waals surface area contributed by atoms with Crippen LogP contribution < -0.4 is 5.32 Å². The van der Waals surface area contributed by atoms with Gasteiger partial charge in [-0.25, -0.2) is 9.67 Å². The van der Waals surface area contributed by atoms with Gasteiger partial charge in [0.1, 0.15) is 0 Å². The maximum Gasteiger partial charge on any atom is 0.276 e. The molecule has 0 aliphatic heterocycles. The van der Waals surface area contributed by atoms with Gasteiger partial charge in [-0.05, 0) is 51.0 Å². The van der Waals surface area contributed by atoms with Gasteiger partial charge in [-0.3, -0.25) is 9.48 Å². The molecule has 3 aromatic heterocycles. The fraction of sp³-hybridized carbons (Fsp3) is 0.368. The number of nitrogens with one attached hydrogen (secondary N) is 1. The van der Waals surface area contributed by atoms with E-state index in [1.165, 1.54) is 0 Å². The minimum Gasteiger partial charge on any atom is -0.319 e. The van der Waals surface area contributed by atoms with Crippen LogP contribution in [0.5, 0.6) is 0 Å². The number of pyridine rings is 1. The first-order chi connectivity index (χ1) is 12.3. The fourth-order valence-corrected chi connectivity index (χ4v) is 2.65. The van der Waals surface area contributed by atoms with E-state index in [1.807, 2.05) is 23.0 Å². The molecule has 0 unspecified atom stereocenters. The van der Waals surface area contributed by atoms with E-state index in [2.05, 4.69) is 55.1 Å². The summed E-state index contributed by atoms with van der Waals surface area (Å²) in [6.07, 6.45) is 5.11. The summed E-state index contributed by atoms with van der Waals surface area (Å²) in [5.41, 5.74) is 1.86. The first-order valence-electron chi connectivity index (χ1n) is 8.63. The lowest BCUT2D eigenvalue weighted by molar-refractivity contribution is 0.102. The summed E-state index contributed by atoms with van der Waals surface area (Å²) in [7, 11) is 0. The second-order valence-electron chi connectivity index (χ2n) is 7.50. The molecule has 1 N–H and O–H groups in total. The Bertz CT molecular complexity index is 885. The van der Waals surface area contributed by atoms with Gasteiger partial charge >= 0.3 is 0 Å². The van der Waals surface area contributed by atoms with E-state index in [9.17, 15) is 4.79 Å². The molecule has 0 aliphatic rings. The second kappa shape index (κ2) is 6.74. The van der Waals surface area contributed by atoms with Gasteiger partial charge in [-0.2, -0.15) is 10.2 Å². The van der Waals surface area contributed by atoms with Gasteiger partial charge in [-0.1, -0.05) is 13.8 Å². The average molecular weight is 352 g/mol. The maximum absolute atomic E-state index is 12.6. The molecule has 0 saturated carbocycles. The number of anilines is 1. The number of nitrogens with zero attached hydrogens (tertiary/aromatic N) is 5. The molecular formula is C19H24N6O. The van der Waals surface area contributed by atoms with Gasteiger partial charge in [0.05, 0.1) is 17.4 Å². The van der Waals surface area contributed by atoms with Crippen LogP contribution in [-0.2, 0) is 5.54 Å². The molecule has 0 atom stereocenters. The molecule has 0 fully saturated rings. The van der Waals surface area contributed by atoms with E-state index in [4.69, 9.17) is 0 Å². The highest BCUT2D eigenvalue weighted by Gasteiger charge is 2.23. The van der Waals surface area contributed by atoms with Gasteiger partial charge in [0.25, 0.3) is 5.91 Å². The van der Waals surface area contributed by atoms with Crippen molar-refractivity contribution in [2.45, 2.75) is 46.1 Å². The zero-order valence-electron chi connectivity index (χ0n) is 15.8. The van der Waals surface area contributed by atoms with Crippen molar-refractivity contribution in [2.75, 3.05) is 5.32 Å².